The molecular formula is C20H22Cl2N6OS2. The summed E-state index contributed by atoms with van der Waals surface area (Å²) in [6.07, 6.45) is 5.81. The van der Waals surface area contributed by atoms with Gasteiger partial charge in [0.05, 0.1) is 21.0 Å². The number of anilines is 1. The monoisotopic (exact) mass is 496 g/mol. The summed E-state index contributed by atoms with van der Waals surface area (Å²) in [7, 11) is 0. The molecule has 1 aliphatic rings. The number of carbonyl (C=O) groups is 1. The number of benzene rings is 1. The van der Waals surface area contributed by atoms with Gasteiger partial charge in [-0.3, -0.25) is 4.79 Å². The summed E-state index contributed by atoms with van der Waals surface area (Å²) >= 11 is 14.7. The van der Waals surface area contributed by atoms with Crippen molar-refractivity contribution in [1.29, 1.82) is 0 Å². The van der Waals surface area contributed by atoms with Gasteiger partial charge in [-0.1, -0.05) is 60.3 Å². The lowest BCUT2D eigenvalue weighted by Gasteiger charge is -2.20. The predicted molar refractivity (Wildman–Crippen MR) is 128 cm³/mol. The fraction of sp³-hybridized carbons (Fsp3) is 0.400. The highest BCUT2D eigenvalue weighted by Crippen LogP contribution is 2.33. The maximum absolute atomic E-state index is 12.7. The van der Waals surface area contributed by atoms with Crippen molar-refractivity contribution in [2.24, 2.45) is 0 Å². The maximum atomic E-state index is 12.7. The molecule has 0 saturated heterocycles. The summed E-state index contributed by atoms with van der Waals surface area (Å²) in [6, 6.07) is 5.31. The van der Waals surface area contributed by atoms with Crippen LogP contribution in [-0.4, -0.2) is 31.0 Å². The van der Waals surface area contributed by atoms with E-state index < -0.39 is 5.25 Å². The molecule has 0 radical (unpaired) electrons. The number of carbonyl (C=O) groups excluding carboxylic acids is 1. The Morgan fingerprint density at radius 1 is 1.26 bits per heavy atom. The average Bonchev–Trinajstić information content (AvgIpc) is 3.38. The highest BCUT2D eigenvalue weighted by atomic mass is 35.5. The number of hydrogen-bond acceptors (Lipinski definition) is 7. The molecule has 164 valence electrons. The van der Waals surface area contributed by atoms with Gasteiger partial charge >= 0.3 is 0 Å². The molecule has 0 aliphatic heterocycles. The first-order valence-electron chi connectivity index (χ1n) is 10.0. The fourth-order valence-corrected chi connectivity index (χ4v) is 5.34. The number of thioether (sulfide) groups is 1. The normalized spacial score (nSPS) is 15.7. The number of aromatic nitrogens is 4. The second kappa shape index (κ2) is 9.77. The Hall–Kier alpha value is -1.81. The molecule has 3 aromatic rings. The van der Waals surface area contributed by atoms with Crippen LogP contribution < -0.4 is 11.2 Å². The molecule has 1 fully saturated rings. The van der Waals surface area contributed by atoms with Gasteiger partial charge in [-0.15, -0.1) is 21.5 Å². The van der Waals surface area contributed by atoms with Crippen LogP contribution in [0.2, 0.25) is 10.0 Å². The Kier molecular flexibility index (Phi) is 7.05. The topological polar surface area (TPSA) is 98.7 Å². The van der Waals surface area contributed by atoms with Crippen molar-refractivity contribution in [2.45, 2.75) is 55.4 Å². The number of nitrogen functional groups attached to an aromatic ring is 1. The Labute approximate surface area is 198 Å². The second-order valence-corrected chi connectivity index (χ2v) is 10.4. The predicted octanol–water partition coefficient (Wildman–Crippen LogP) is 5.59. The number of rotatable bonds is 6. The largest absolute Gasteiger partial charge is 0.336 e. The Bertz CT molecular complexity index is 1080. The van der Waals surface area contributed by atoms with Gasteiger partial charge in [0.2, 0.25) is 11.1 Å². The van der Waals surface area contributed by atoms with E-state index in [0.717, 1.165) is 29.9 Å². The summed E-state index contributed by atoms with van der Waals surface area (Å²) in [6.45, 7) is 1.81. The van der Waals surface area contributed by atoms with Crippen LogP contribution >= 0.6 is 46.3 Å². The molecule has 0 spiro atoms. The van der Waals surface area contributed by atoms with Crippen molar-refractivity contribution in [2.75, 3.05) is 11.2 Å². The van der Waals surface area contributed by atoms with E-state index in [2.05, 4.69) is 20.5 Å². The molecule has 1 saturated carbocycles. The van der Waals surface area contributed by atoms with Gasteiger partial charge in [0.15, 0.2) is 11.0 Å². The lowest BCUT2D eigenvalue weighted by Crippen LogP contribution is -2.24. The number of amides is 1. The maximum Gasteiger partial charge on any atom is 0.239 e. The summed E-state index contributed by atoms with van der Waals surface area (Å²) < 4.78 is 1.54. The van der Waals surface area contributed by atoms with E-state index in [9.17, 15) is 4.79 Å². The van der Waals surface area contributed by atoms with E-state index in [-0.39, 0.29) is 5.91 Å². The van der Waals surface area contributed by atoms with E-state index in [4.69, 9.17) is 29.0 Å². The minimum absolute atomic E-state index is 0.178. The zero-order chi connectivity index (χ0) is 22.0. The van der Waals surface area contributed by atoms with Crippen molar-refractivity contribution in [3.05, 3.63) is 39.4 Å². The molecule has 4 rings (SSSR count). The zero-order valence-electron chi connectivity index (χ0n) is 16.8. The quantitative estimate of drug-likeness (QED) is 0.340. The van der Waals surface area contributed by atoms with Crippen LogP contribution in [0.1, 0.15) is 50.8 Å². The van der Waals surface area contributed by atoms with E-state index in [1.54, 1.807) is 12.1 Å². The first-order valence-corrected chi connectivity index (χ1v) is 12.5. The second-order valence-electron chi connectivity index (χ2n) is 7.46. The van der Waals surface area contributed by atoms with Crippen LogP contribution in [0.5, 0.6) is 0 Å². The Balaban J connectivity index is 1.39. The van der Waals surface area contributed by atoms with Crippen LogP contribution in [0.4, 0.5) is 5.13 Å². The fourth-order valence-electron chi connectivity index (χ4n) is 3.55. The molecule has 3 N–H and O–H groups in total. The molecule has 1 unspecified atom stereocenters. The van der Waals surface area contributed by atoms with Crippen LogP contribution in [0.15, 0.2) is 28.7 Å². The van der Waals surface area contributed by atoms with E-state index in [1.807, 2.05) is 18.4 Å². The molecule has 31 heavy (non-hydrogen) atoms. The van der Waals surface area contributed by atoms with Gasteiger partial charge in [0.25, 0.3) is 0 Å². The van der Waals surface area contributed by atoms with Crippen LogP contribution in [0.25, 0.3) is 11.3 Å². The van der Waals surface area contributed by atoms with Gasteiger partial charge in [0.1, 0.15) is 0 Å². The highest BCUT2D eigenvalue weighted by molar-refractivity contribution is 8.00. The first-order chi connectivity index (χ1) is 14.9. The molecule has 0 bridgehead atoms. The molecule has 2 aromatic heterocycles. The van der Waals surface area contributed by atoms with Gasteiger partial charge in [-0.25, -0.2) is 9.66 Å². The van der Waals surface area contributed by atoms with Gasteiger partial charge in [-0.05, 0) is 31.9 Å². The third kappa shape index (κ3) is 5.16. The number of nitrogens with one attached hydrogen (secondary N) is 1. The average molecular weight is 497 g/mol. The van der Waals surface area contributed by atoms with Crippen LogP contribution in [-0.2, 0) is 4.79 Å². The minimum atomic E-state index is -0.414. The lowest BCUT2D eigenvalue weighted by atomic mass is 9.89. The molecule has 1 aromatic carbocycles. The Morgan fingerprint density at radius 3 is 2.77 bits per heavy atom. The smallest absolute Gasteiger partial charge is 0.239 e. The van der Waals surface area contributed by atoms with Crippen molar-refractivity contribution >= 4 is 57.3 Å². The molecule has 1 aliphatic carbocycles. The van der Waals surface area contributed by atoms with Crippen LogP contribution in [0, 0.1) is 0 Å². The first kappa shape index (κ1) is 22.4. The van der Waals surface area contributed by atoms with Gasteiger partial charge in [-0.2, -0.15) is 0 Å². The summed E-state index contributed by atoms with van der Waals surface area (Å²) in [4.78, 5) is 17.2. The standard InChI is InChI=1S/C20H22Cl2N6OS2/c1-11(31-20-27-26-17(28(20)23)12-5-3-2-4-6-12)18(29)25-19-24-16(10-30-19)13-7-8-14(21)15(22)9-13/h7-12H,2-6,23H2,1H3,(H,24,25,29). The molecular weight excluding hydrogens is 475 g/mol. The number of nitrogens with two attached hydrogens (primary N) is 1. The van der Waals surface area contributed by atoms with E-state index >= 15 is 0 Å². The van der Waals surface area contributed by atoms with E-state index in [1.165, 1.54) is 47.0 Å². The third-order valence-corrected chi connectivity index (χ3v) is 7.82. The molecule has 1 amide bonds. The number of hydrogen-bond donors (Lipinski definition) is 2. The highest BCUT2D eigenvalue weighted by Gasteiger charge is 2.25. The Morgan fingerprint density at radius 2 is 2.03 bits per heavy atom. The molecule has 1 atom stereocenters. The lowest BCUT2D eigenvalue weighted by molar-refractivity contribution is -0.115. The van der Waals surface area contributed by atoms with Crippen LogP contribution in [0.3, 0.4) is 0 Å². The van der Waals surface area contributed by atoms with Gasteiger partial charge in [0, 0.05) is 16.9 Å². The number of nitrogens with zero attached hydrogens (tertiary/aromatic N) is 4. The van der Waals surface area contributed by atoms with Gasteiger partial charge < -0.3 is 11.2 Å². The number of thiazole rings is 1. The number of halogens is 2. The summed E-state index contributed by atoms with van der Waals surface area (Å²) in [5.74, 6) is 7.21. The zero-order valence-corrected chi connectivity index (χ0v) is 20.0. The molecule has 2 heterocycles. The van der Waals surface area contributed by atoms with E-state index in [0.29, 0.717) is 26.3 Å². The summed E-state index contributed by atoms with van der Waals surface area (Å²) in [5, 5.41) is 14.8. The van der Waals surface area contributed by atoms with Crippen molar-refractivity contribution in [3.63, 3.8) is 0 Å². The van der Waals surface area contributed by atoms with Crippen molar-refractivity contribution < 1.29 is 4.79 Å². The van der Waals surface area contributed by atoms with Crippen molar-refractivity contribution in [3.8, 4) is 11.3 Å². The third-order valence-electron chi connectivity index (χ3n) is 5.26. The SMILES string of the molecule is CC(Sc1nnc(C2CCCCC2)n1N)C(=O)Nc1nc(-c2ccc(Cl)c(Cl)c2)cs1. The van der Waals surface area contributed by atoms with Crippen molar-refractivity contribution in [1.82, 2.24) is 19.9 Å². The minimum Gasteiger partial charge on any atom is -0.336 e. The molecule has 7 nitrogen and oxygen atoms in total. The summed E-state index contributed by atoms with van der Waals surface area (Å²) in [5.41, 5.74) is 1.55. The molecule has 11 heteroatoms.